The van der Waals surface area contributed by atoms with Gasteiger partial charge in [-0.1, -0.05) is 28.1 Å². The Morgan fingerprint density at radius 3 is 3.04 bits per heavy atom. The molecule has 7 heteroatoms. The molecule has 0 atom stereocenters. The Bertz CT molecular complexity index is 889. The Labute approximate surface area is 140 Å². The predicted octanol–water partition coefficient (Wildman–Crippen LogP) is 2.65. The molecule has 3 rings (SSSR count). The molecule has 0 spiro atoms. The van der Waals surface area contributed by atoms with Crippen LogP contribution in [0.3, 0.4) is 0 Å². The van der Waals surface area contributed by atoms with Crippen LogP contribution in [0.5, 0.6) is 5.75 Å². The lowest BCUT2D eigenvalue weighted by molar-refractivity contribution is -0.121. The van der Waals surface area contributed by atoms with E-state index in [4.69, 9.17) is 0 Å². The van der Waals surface area contributed by atoms with Crippen LogP contribution >= 0.6 is 15.9 Å². The average Bonchev–Trinajstić information content (AvgIpc) is 2.94. The highest BCUT2D eigenvalue weighted by Crippen LogP contribution is 2.19. The first-order chi connectivity index (χ1) is 11.1. The van der Waals surface area contributed by atoms with Gasteiger partial charge in [-0.25, -0.2) is 10.4 Å². The van der Waals surface area contributed by atoms with Crippen molar-refractivity contribution in [1.29, 1.82) is 0 Å². The summed E-state index contributed by atoms with van der Waals surface area (Å²) in [7, 11) is 0. The highest BCUT2D eigenvalue weighted by atomic mass is 79.9. The maximum atomic E-state index is 12.0. The number of nitrogens with zero attached hydrogens (tertiary/aromatic N) is 3. The normalized spacial score (nSPS) is 11.2. The molecule has 6 nitrogen and oxygen atoms in total. The monoisotopic (exact) mass is 372 g/mol. The minimum absolute atomic E-state index is 0.0896. The Hall–Kier alpha value is -2.67. The van der Waals surface area contributed by atoms with Crippen molar-refractivity contribution in [3.8, 4) is 5.75 Å². The number of phenols is 1. The van der Waals surface area contributed by atoms with Crippen molar-refractivity contribution in [2.24, 2.45) is 5.10 Å². The van der Waals surface area contributed by atoms with Crippen LogP contribution in [-0.4, -0.2) is 26.8 Å². The van der Waals surface area contributed by atoms with Gasteiger partial charge in [0.05, 0.1) is 23.6 Å². The van der Waals surface area contributed by atoms with Gasteiger partial charge in [0.25, 0.3) is 5.91 Å². The van der Waals surface area contributed by atoms with Gasteiger partial charge < -0.3 is 9.67 Å². The highest BCUT2D eigenvalue weighted by Gasteiger charge is 2.06. The van der Waals surface area contributed by atoms with Crippen LogP contribution in [0.2, 0.25) is 0 Å². The summed E-state index contributed by atoms with van der Waals surface area (Å²) >= 11 is 3.31. The number of rotatable bonds is 4. The first-order valence-electron chi connectivity index (χ1n) is 6.84. The lowest BCUT2D eigenvalue weighted by atomic mass is 10.2. The minimum atomic E-state index is -0.279. The zero-order valence-electron chi connectivity index (χ0n) is 12.0. The van der Waals surface area contributed by atoms with Crippen molar-refractivity contribution in [3.63, 3.8) is 0 Å². The maximum Gasteiger partial charge on any atom is 0.260 e. The molecule has 0 saturated heterocycles. The summed E-state index contributed by atoms with van der Waals surface area (Å²) in [6, 6.07) is 12.5. The van der Waals surface area contributed by atoms with Crippen molar-refractivity contribution in [3.05, 3.63) is 58.8 Å². The zero-order chi connectivity index (χ0) is 16.2. The molecule has 0 radical (unpaired) electrons. The van der Waals surface area contributed by atoms with E-state index >= 15 is 0 Å². The van der Waals surface area contributed by atoms with E-state index in [-0.39, 0.29) is 18.2 Å². The van der Waals surface area contributed by atoms with Gasteiger partial charge in [0.1, 0.15) is 12.3 Å². The second-order valence-corrected chi connectivity index (χ2v) is 5.77. The third-order valence-corrected chi connectivity index (χ3v) is 3.72. The van der Waals surface area contributed by atoms with E-state index in [9.17, 15) is 9.90 Å². The van der Waals surface area contributed by atoms with E-state index in [0.29, 0.717) is 5.56 Å². The molecule has 0 saturated carbocycles. The number of halogens is 1. The van der Waals surface area contributed by atoms with Gasteiger partial charge in [-0.3, -0.25) is 4.79 Å². The molecule has 116 valence electrons. The van der Waals surface area contributed by atoms with Crippen molar-refractivity contribution in [1.82, 2.24) is 15.0 Å². The second kappa shape index (κ2) is 6.62. The number of aromatic hydroxyl groups is 1. The Morgan fingerprint density at radius 1 is 1.35 bits per heavy atom. The molecule has 3 aromatic rings. The second-order valence-electron chi connectivity index (χ2n) is 4.86. The fourth-order valence-electron chi connectivity index (χ4n) is 2.13. The predicted molar refractivity (Wildman–Crippen MR) is 91.3 cm³/mol. The van der Waals surface area contributed by atoms with Gasteiger partial charge in [0, 0.05) is 10.0 Å². The lowest BCUT2D eigenvalue weighted by Crippen LogP contribution is -2.22. The van der Waals surface area contributed by atoms with Crippen LogP contribution in [0, 0.1) is 0 Å². The van der Waals surface area contributed by atoms with Crippen molar-refractivity contribution in [2.45, 2.75) is 6.54 Å². The van der Waals surface area contributed by atoms with Crippen LogP contribution < -0.4 is 5.43 Å². The first-order valence-corrected chi connectivity index (χ1v) is 7.63. The van der Waals surface area contributed by atoms with Crippen LogP contribution in [0.25, 0.3) is 11.0 Å². The van der Waals surface area contributed by atoms with Crippen LogP contribution in [-0.2, 0) is 11.3 Å². The largest absolute Gasteiger partial charge is 0.507 e. The highest BCUT2D eigenvalue weighted by molar-refractivity contribution is 9.10. The van der Waals surface area contributed by atoms with Crippen molar-refractivity contribution in [2.75, 3.05) is 0 Å². The van der Waals surface area contributed by atoms with Crippen molar-refractivity contribution < 1.29 is 9.90 Å². The molecule has 2 aromatic carbocycles. The molecule has 0 fully saturated rings. The van der Waals surface area contributed by atoms with Crippen LogP contribution in [0.1, 0.15) is 5.56 Å². The summed E-state index contributed by atoms with van der Waals surface area (Å²) < 4.78 is 2.56. The van der Waals surface area contributed by atoms with Gasteiger partial charge in [0.15, 0.2) is 0 Å². The van der Waals surface area contributed by atoms with Gasteiger partial charge >= 0.3 is 0 Å². The molecular formula is C16H13BrN4O2. The molecule has 0 unspecified atom stereocenters. The lowest BCUT2D eigenvalue weighted by Gasteiger charge is -2.03. The fraction of sp³-hybridized carbons (Fsp3) is 0.0625. The smallest absolute Gasteiger partial charge is 0.260 e. The molecule has 0 bridgehead atoms. The summed E-state index contributed by atoms with van der Waals surface area (Å²) in [5.74, 6) is -0.189. The molecule has 0 aliphatic heterocycles. The number of aromatic nitrogens is 2. The molecule has 23 heavy (non-hydrogen) atoms. The molecular weight excluding hydrogens is 360 g/mol. The number of fused-ring (bicyclic) bond motifs is 1. The fourth-order valence-corrected chi connectivity index (χ4v) is 2.51. The van der Waals surface area contributed by atoms with E-state index < -0.39 is 0 Å². The van der Waals surface area contributed by atoms with Gasteiger partial charge in [-0.2, -0.15) is 5.10 Å². The Morgan fingerprint density at radius 2 is 2.17 bits per heavy atom. The number of hydrogen-bond donors (Lipinski definition) is 2. The molecule has 1 aromatic heterocycles. The molecule has 2 N–H and O–H groups in total. The van der Waals surface area contributed by atoms with E-state index in [1.54, 1.807) is 29.1 Å². The quantitative estimate of drug-likeness (QED) is 0.545. The summed E-state index contributed by atoms with van der Waals surface area (Å²) in [6.07, 6.45) is 3.01. The number of amides is 1. The maximum absolute atomic E-state index is 12.0. The Kier molecular flexibility index (Phi) is 4.38. The number of para-hydroxylation sites is 2. The number of hydrogen-bond acceptors (Lipinski definition) is 4. The van der Waals surface area contributed by atoms with Gasteiger partial charge in [-0.15, -0.1) is 0 Å². The summed E-state index contributed by atoms with van der Waals surface area (Å²) in [6.45, 7) is 0.113. The standard InChI is InChI=1S/C16H13BrN4O2/c17-12-5-6-15(22)11(7-12)8-19-20-16(23)9-21-10-18-13-3-1-2-4-14(13)21/h1-8,10,22H,9H2,(H,20,23). The topological polar surface area (TPSA) is 79.5 Å². The van der Waals surface area contributed by atoms with Crippen LogP contribution in [0.4, 0.5) is 0 Å². The number of benzene rings is 2. The van der Waals surface area contributed by atoms with E-state index in [2.05, 4.69) is 31.4 Å². The van der Waals surface area contributed by atoms with E-state index in [1.807, 2.05) is 24.3 Å². The third-order valence-electron chi connectivity index (χ3n) is 3.22. The summed E-state index contributed by atoms with van der Waals surface area (Å²) in [4.78, 5) is 16.2. The number of carbonyl (C=O) groups is 1. The average molecular weight is 373 g/mol. The summed E-state index contributed by atoms with van der Waals surface area (Å²) in [5.41, 5.74) is 4.66. The number of imidazole rings is 1. The number of carbonyl (C=O) groups excluding carboxylic acids is 1. The number of hydrazone groups is 1. The summed E-state index contributed by atoms with van der Waals surface area (Å²) in [5, 5.41) is 13.6. The third kappa shape index (κ3) is 3.57. The van der Waals surface area contributed by atoms with Gasteiger partial charge in [-0.05, 0) is 30.3 Å². The van der Waals surface area contributed by atoms with E-state index in [1.165, 1.54) is 6.21 Å². The number of nitrogens with one attached hydrogen (secondary N) is 1. The SMILES string of the molecule is O=C(Cn1cnc2ccccc21)NN=Cc1cc(Br)ccc1O. The number of phenolic OH excluding ortho intramolecular Hbond substituents is 1. The molecule has 1 amide bonds. The zero-order valence-corrected chi connectivity index (χ0v) is 13.6. The first kappa shape index (κ1) is 15.2. The molecule has 0 aliphatic rings. The van der Waals surface area contributed by atoms with Crippen molar-refractivity contribution >= 4 is 39.1 Å². The van der Waals surface area contributed by atoms with Crippen LogP contribution in [0.15, 0.2) is 58.4 Å². The van der Waals surface area contributed by atoms with Gasteiger partial charge in [0.2, 0.25) is 0 Å². The minimum Gasteiger partial charge on any atom is -0.507 e. The molecule has 0 aliphatic carbocycles. The Balaban J connectivity index is 1.66. The molecule has 1 heterocycles. The van der Waals surface area contributed by atoms with E-state index in [0.717, 1.165) is 15.5 Å².